The minimum atomic E-state index is -0.648. The Morgan fingerprint density at radius 3 is 2.42 bits per heavy atom. The van der Waals surface area contributed by atoms with E-state index in [1.807, 2.05) is 24.3 Å². The molecule has 0 atom stereocenters. The molecule has 1 amide bonds. The molecule has 0 aromatic heterocycles. The van der Waals surface area contributed by atoms with Gasteiger partial charge in [0.1, 0.15) is 18.0 Å². The smallest absolute Gasteiger partial charge is 0.256 e. The van der Waals surface area contributed by atoms with E-state index >= 15 is 0 Å². The van der Waals surface area contributed by atoms with Gasteiger partial charge in [-0.3, -0.25) is 9.69 Å². The van der Waals surface area contributed by atoms with Crippen LogP contribution in [0, 0.1) is 0 Å². The molecule has 0 radical (unpaired) electrons. The van der Waals surface area contributed by atoms with Crippen molar-refractivity contribution in [2.75, 3.05) is 38.7 Å². The second kappa shape index (κ2) is 7.99. The first kappa shape index (κ1) is 17.2. The third-order valence-electron chi connectivity index (χ3n) is 5.20. The van der Waals surface area contributed by atoms with Gasteiger partial charge >= 0.3 is 0 Å². The van der Waals surface area contributed by atoms with E-state index in [9.17, 15) is 4.79 Å². The predicted molar refractivity (Wildman–Crippen MR) is 94.4 cm³/mol. The Kier molecular flexibility index (Phi) is 5.74. The minimum Gasteiger partial charge on any atom is -0.492 e. The topological polar surface area (TPSA) is 50.8 Å². The van der Waals surface area contributed by atoms with E-state index in [0.717, 1.165) is 43.7 Å². The molecule has 24 heavy (non-hydrogen) atoms. The number of likely N-dealkylation sites (tertiary alicyclic amines) is 1. The van der Waals surface area contributed by atoms with Crippen LogP contribution in [0.1, 0.15) is 38.5 Å². The highest BCUT2D eigenvalue weighted by Crippen LogP contribution is 2.33. The van der Waals surface area contributed by atoms with Gasteiger partial charge < -0.3 is 14.8 Å². The third kappa shape index (κ3) is 4.08. The van der Waals surface area contributed by atoms with E-state index < -0.39 is 5.60 Å². The van der Waals surface area contributed by atoms with Crippen molar-refractivity contribution in [3.8, 4) is 5.75 Å². The largest absolute Gasteiger partial charge is 0.492 e. The normalized spacial score (nSPS) is 20.2. The zero-order valence-corrected chi connectivity index (χ0v) is 14.6. The highest BCUT2D eigenvalue weighted by atomic mass is 16.5. The van der Waals surface area contributed by atoms with E-state index in [1.165, 1.54) is 25.9 Å². The van der Waals surface area contributed by atoms with Crippen LogP contribution in [0.2, 0.25) is 0 Å². The molecule has 5 nitrogen and oxygen atoms in total. The molecule has 0 bridgehead atoms. The number of carbonyl (C=O) groups excluding carboxylic acids is 1. The molecular weight excluding hydrogens is 304 g/mol. The van der Waals surface area contributed by atoms with E-state index in [4.69, 9.17) is 9.47 Å². The molecule has 0 unspecified atom stereocenters. The van der Waals surface area contributed by atoms with Gasteiger partial charge in [0.25, 0.3) is 5.91 Å². The zero-order valence-electron chi connectivity index (χ0n) is 14.6. The first-order valence-corrected chi connectivity index (χ1v) is 9.04. The quantitative estimate of drug-likeness (QED) is 0.834. The molecule has 1 saturated heterocycles. The molecule has 1 heterocycles. The summed E-state index contributed by atoms with van der Waals surface area (Å²) >= 11 is 0. The van der Waals surface area contributed by atoms with Gasteiger partial charge in [-0.2, -0.15) is 0 Å². The van der Waals surface area contributed by atoms with Crippen LogP contribution >= 0.6 is 0 Å². The van der Waals surface area contributed by atoms with Crippen LogP contribution in [0.4, 0.5) is 5.69 Å². The Hall–Kier alpha value is -1.59. The number of amides is 1. The molecule has 2 fully saturated rings. The number of benzene rings is 1. The standard InChI is InChI=1S/C19H28N2O3/c1-23-19(10-2-3-11-19)18(22)20-16-6-8-17(9-7-16)24-15-14-21-12-4-5-13-21/h6-9H,2-5,10-15H2,1H3,(H,20,22). The summed E-state index contributed by atoms with van der Waals surface area (Å²) in [5.74, 6) is 0.805. The number of ether oxygens (including phenoxy) is 2. The van der Waals surface area contributed by atoms with Gasteiger partial charge in [0.05, 0.1) is 0 Å². The summed E-state index contributed by atoms with van der Waals surface area (Å²) in [7, 11) is 1.63. The lowest BCUT2D eigenvalue weighted by Crippen LogP contribution is -2.42. The van der Waals surface area contributed by atoms with Crippen molar-refractivity contribution >= 4 is 11.6 Å². The van der Waals surface area contributed by atoms with Gasteiger partial charge in [-0.1, -0.05) is 0 Å². The lowest BCUT2D eigenvalue weighted by Gasteiger charge is -2.25. The Balaban J connectivity index is 1.48. The Morgan fingerprint density at radius 2 is 1.79 bits per heavy atom. The molecular formula is C19H28N2O3. The Labute approximate surface area is 144 Å². The second-order valence-corrected chi connectivity index (χ2v) is 6.78. The van der Waals surface area contributed by atoms with Crippen LogP contribution < -0.4 is 10.1 Å². The molecule has 132 valence electrons. The van der Waals surface area contributed by atoms with E-state index in [0.29, 0.717) is 6.61 Å². The third-order valence-corrected chi connectivity index (χ3v) is 5.20. The SMILES string of the molecule is COC1(C(=O)Nc2ccc(OCCN3CCCC3)cc2)CCCC1. The fourth-order valence-corrected chi connectivity index (χ4v) is 3.65. The van der Waals surface area contributed by atoms with Crippen molar-refractivity contribution in [1.29, 1.82) is 0 Å². The van der Waals surface area contributed by atoms with Gasteiger partial charge in [-0.05, 0) is 75.9 Å². The van der Waals surface area contributed by atoms with Crippen molar-refractivity contribution in [2.45, 2.75) is 44.1 Å². The number of nitrogens with zero attached hydrogens (tertiary/aromatic N) is 1. The van der Waals surface area contributed by atoms with Crippen molar-refractivity contribution in [3.63, 3.8) is 0 Å². The van der Waals surface area contributed by atoms with Crippen LogP contribution in [0.5, 0.6) is 5.75 Å². The van der Waals surface area contributed by atoms with Gasteiger partial charge in [-0.25, -0.2) is 0 Å². The lowest BCUT2D eigenvalue weighted by atomic mass is 10.0. The molecule has 1 aromatic carbocycles. The molecule has 3 rings (SSSR count). The maximum atomic E-state index is 12.5. The summed E-state index contributed by atoms with van der Waals surface area (Å²) < 4.78 is 11.3. The predicted octanol–water partition coefficient (Wildman–Crippen LogP) is 3.06. The Bertz CT molecular complexity index is 532. The van der Waals surface area contributed by atoms with Crippen LogP contribution in [-0.4, -0.2) is 49.8 Å². The number of anilines is 1. The number of carbonyl (C=O) groups is 1. The molecule has 1 aliphatic heterocycles. The minimum absolute atomic E-state index is 0.0369. The maximum Gasteiger partial charge on any atom is 0.256 e. The number of rotatable bonds is 7. The summed E-state index contributed by atoms with van der Waals surface area (Å²) in [5.41, 5.74) is 0.139. The molecule has 1 N–H and O–H groups in total. The van der Waals surface area contributed by atoms with Crippen molar-refractivity contribution < 1.29 is 14.3 Å². The zero-order chi connectivity index (χ0) is 16.8. The fraction of sp³-hybridized carbons (Fsp3) is 0.632. The molecule has 1 saturated carbocycles. The average Bonchev–Trinajstić information content (AvgIpc) is 3.28. The van der Waals surface area contributed by atoms with Crippen LogP contribution in [0.25, 0.3) is 0 Å². The van der Waals surface area contributed by atoms with Gasteiger partial charge in [0.15, 0.2) is 0 Å². The first-order chi connectivity index (χ1) is 11.7. The van der Waals surface area contributed by atoms with Crippen molar-refractivity contribution in [3.05, 3.63) is 24.3 Å². The summed E-state index contributed by atoms with van der Waals surface area (Å²) in [4.78, 5) is 14.9. The van der Waals surface area contributed by atoms with Crippen molar-refractivity contribution in [2.24, 2.45) is 0 Å². The molecule has 2 aliphatic rings. The van der Waals surface area contributed by atoms with Gasteiger partial charge in [-0.15, -0.1) is 0 Å². The average molecular weight is 332 g/mol. The van der Waals surface area contributed by atoms with Gasteiger partial charge in [0, 0.05) is 19.3 Å². The monoisotopic (exact) mass is 332 g/mol. The van der Waals surface area contributed by atoms with E-state index in [-0.39, 0.29) is 5.91 Å². The van der Waals surface area contributed by atoms with Crippen LogP contribution in [0.15, 0.2) is 24.3 Å². The van der Waals surface area contributed by atoms with E-state index in [1.54, 1.807) is 7.11 Å². The molecule has 1 aromatic rings. The Morgan fingerprint density at radius 1 is 1.12 bits per heavy atom. The van der Waals surface area contributed by atoms with Crippen LogP contribution in [0.3, 0.4) is 0 Å². The summed E-state index contributed by atoms with van der Waals surface area (Å²) in [6.07, 6.45) is 6.30. The van der Waals surface area contributed by atoms with Crippen molar-refractivity contribution in [1.82, 2.24) is 4.90 Å². The number of hydrogen-bond acceptors (Lipinski definition) is 4. The van der Waals surface area contributed by atoms with Gasteiger partial charge in [0.2, 0.25) is 0 Å². The molecule has 0 spiro atoms. The second-order valence-electron chi connectivity index (χ2n) is 6.78. The summed E-state index contributed by atoms with van der Waals surface area (Å²) in [5, 5.41) is 2.98. The first-order valence-electron chi connectivity index (χ1n) is 9.04. The lowest BCUT2D eigenvalue weighted by molar-refractivity contribution is -0.136. The molecule has 5 heteroatoms. The van der Waals surface area contributed by atoms with E-state index in [2.05, 4.69) is 10.2 Å². The number of methoxy groups -OCH3 is 1. The molecule has 1 aliphatic carbocycles. The fourth-order valence-electron chi connectivity index (χ4n) is 3.65. The summed E-state index contributed by atoms with van der Waals surface area (Å²) in [6, 6.07) is 7.60. The number of nitrogens with one attached hydrogen (secondary N) is 1. The highest BCUT2D eigenvalue weighted by Gasteiger charge is 2.41. The van der Waals surface area contributed by atoms with Crippen LogP contribution in [-0.2, 0) is 9.53 Å². The maximum absolute atomic E-state index is 12.5. The summed E-state index contributed by atoms with van der Waals surface area (Å²) in [6.45, 7) is 4.07. The number of hydrogen-bond donors (Lipinski definition) is 1. The highest BCUT2D eigenvalue weighted by molar-refractivity contribution is 5.97.